The Hall–Kier alpha value is -3.16. The Balaban J connectivity index is 3.88. The number of esters is 4. The molecule has 0 aromatic rings. The predicted molar refractivity (Wildman–Crippen MR) is 149 cm³/mol. The third-order valence-corrected chi connectivity index (χ3v) is 7.16. The summed E-state index contributed by atoms with van der Waals surface area (Å²) in [5, 5.41) is 0. The molecule has 8 heteroatoms. The predicted octanol–water partition coefficient (Wildman–Crippen LogP) is 5.67. The lowest BCUT2D eigenvalue weighted by molar-refractivity contribution is -0.180. The molecule has 0 aromatic carbocycles. The summed E-state index contributed by atoms with van der Waals surface area (Å²) < 4.78 is 21.9. The molecule has 0 bridgehead atoms. The van der Waals surface area contributed by atoms with E-state index in [9.17, 15) is 19.2 Å². The van der Waals surface area contributed by atoms with Gasteiger partial charge in [0.1, 0.15) is 0 Å². The number of hydrogen-bond donors (Lipinski definition) is 0. The molecule has 1 aliphatic rings. The summed E-state index contributed by atoms with van der Waals surface area (Å²) in [6.07, 6.45) is 12.7. The van der Waals surface area contributed by atoms with E-state index in [0.29, 0.717) is 25.7 Å². The molecule has 0 saturated heterocycles. The summed E-state index contributed by atoms with van der Waals surface area (Å²) in [7, 11) is 0. The van der Waals surface area contributed by atoms with Crippen LogP contribution in [0.4, 0.5) is 0 Å². The fourth-order valence-electron chi connectivity index (χ4n) is 5.26. The molecule has 0 amide bonds. The van der Waals surface area contributed by atoms with Crippen LogP contribution in [-0.2, 0) is 38.1 Å². The zero-order chi connectivity index (χ0) is 29.3. The number of allylic oxidation sites excluding steroid dienone is 6. The Kier molecular flexibility index (Phi) is 15.1. The Morgan fingerprint density at radius 3 is 1.69 bits per heavy atom. The summed E-state index contributed by atoms with van der Waals surface area (Å²) in [5.74, 6) is -4.12. The molecule has 0 N–H and O–H groups in total. The Bertz CT molecular complexity index is 864. The van der Waals surface area contributed by atoms with Crippen LogP contribution in [0.5, 0.6) is 0 Å². The number of carbonyl (C=O) groups excluding carboxylic acids is 4. The fourth-order valence-corrected chi connectivity index (χ4v) is 5.26. The first-order valence-corrected chi connectivity index (χ1v) is 14.0. The van der Waals surface area contributed by atoms with Crippen LogP contribution in [0.3, 0.4) is 0 Å². The minimum absolute atomic E-state index is 0.0795. The molecule has 1 aliphatic carbocycles. The second-order valence-corrected chi connectivity index (χ2v) is 9.42. The summed E-state index contributed by atoms with van der Waals surface area (Å²) >= 11 is 0. The van der Waals surface area contributed by atoms with Crippen LogP contribution in [0.2, 0.25) is 0 Å². The minimum atomic E-state index is -1.68. The van der Waals surface area contributed by atoms with Crippen LogP contribution < -0.4 is 0 Å². The maximum atomic E-state index is 13.7. The third-order valence-electron chi connectivity index (χ3n) is 7.16. The molecule has 218 valence electrons. The molecule has 0 aliphatic heterocycles. The van der Waals surface area contributed by atoms with E-state index < -0.39 is 46.5 Å². The summed E-state index contributed by atoms with van der Waals surface area (Å²) in [6, 6.07) is 0. The molecule has 2 atom stereocenters. The average Bonchev–Trinajstić information content (AvgIpc) is 2.89. The molecule has 0 aromatic heterocycles. The number of carbonyl (C=O) groups is 4. The number of rotatable bonds is 17. The lowest BCUT2D eigenvalue weighted by atomic mass is 9.61. The normalized spacial score (nSPS) is 19.0. The zero-order valence-electron chi connectivity index (χ0n) is 24.1. The van der Waals surface area contributed by atoms with Crippen molar-refractivity contribution in [1.29, 1.82) is 0 Å². The van der Waals surface area contributed by atoms with Crippen LogP contribution in [0.15, 0.2) is 49.6 Å². The maximum absolute atomic E-state index is 13.7. The SMILES string of the molecule is C=CCCCC(C(=O)OCC)(C(=O)OCC)[C@@H]1/C=C\C=C/C[C@H](C(CCC=C)(C(=O)OCC)C(=O)OCC)C1. The van der Waals surface area contributed by atoms with E-state index in [0.717, 1.165) is 0 Å². The monoisotopic (exact) mass is 546 g/mol. The van der Waals surface area contributed by atoms with Gasteiger partial charge in [-0.2, -0.15) is 0 Å². The fraction of sp³-hybridized carbons (Fsp3) is 0.613. The van der Waals surface area contributed by atoms with Crippen LogP contribution in [-0.4, -0.2) is 50.3 Å². The molecule has 0 fully saturated rings. The van der Waals surface area contributed by atoms with Gasteiger partial charge in [0.2, 0.25) is 0 Å². The van der Waals surface area contributed by atoms with Gasteiger partial charge in [-0.25, -0.2) is 0 Å². The lowest BCUT2D eigenvalue weighted by Crippen LogP contribution is -2.52. The largest absolute Gasteiger partial charge is 0.465 e. The highest BCUT2D eigenvalue weighted by Gasteiger charge is 2.58. The maximum Gasteiger partial charge on any atom is 0.324 e. The first-order valence-electron chi connectivity index (χ1n) is 14.0. The molecule has 1 rings (SSSR count). The molecule has 0 unspecified atom stereocenters. The van der Waals surface area contributed by atoms with Gasteiger partial charge in [-0.05, 0) is 78.6 Å². The van der Waals surface area contributed by atoms with Crippen molar-refractivity contribution in [1.82, 2.24) is 0 Å². The topological polar surface area (TPSA) is 105 Å². The zero-order valence-corrected chi connectivity index (χ0v) is 24.1. The number of unbranched alkanes of at least 4 members (excludes halogenated alkanes) is 1. The van der Waals surface area contributed by atoms with Crippen molar-refractivity contribution >= 4 is 23.9 Å². The molecular formula is C31H46O8. The van der Waals surface area contributed by atoms with Crippen molar-refractivity contribution in [3.63, 3.8) is 0 Å². The second-order valence-electron chi connectivity index (χ2n) is 9.42. The molecule has 0 radical (unpaired) electrons. The smallest absolute Gasteiger partial charge is 0.324 e. The molecule has 0 heterocycles. The summed E-state index contributed by atoms with van der Waals surface area (Å²) in [6.45, 7) is 14.6. The molecular weight excluding hydrogens is 500 g/mol. The van der Waals surface area contributed by atoms with Gasteiger partial charge in [0.05, 0.1) is 26.4 Å². The van der Waals surface area contributed by atoms with Gasteiger partial charge in [0, 0.05) is 5.92 Å². The van der Waals surface area contributed by atoms with E-state index >= 15 is 0 Å². The Morgan fingerprint density at radius 2 is 1.23 bits per heavy atom. The summed E-state index contributed by atoms with van der Waals surface area (Å²) in [4.78, 5) is 54.6. The van der Waals surface area contributed by atoms with Crippen LogP contribution >= 0.6 is 0 Å². The number of ether oxygens (including phenoxy) is 4. The minimum Gasteiger partial charge on any atom is -0.465 e. The van der Waals surface area contributed by atoms with E-state index in [4.69, 9.17) is 18.9 Å². The van der Waals surface area contributed by atoms with Crippen LogP contribution in [0, 0.1) is 22.7 Å². The van der Waals surface area contributed by atoms with Crippen molar-refractivity contribution in [2.75, 3.05) is 26.4 Å². The van der Waals surface area contributed by atoms with Gasteiger partial charge >= 0.3 is 23.9 Å². The quantitative estimate of drug-likeness (QED) is 0.0755. The summed E-state index contributed by atoms with van der Waals surface area (Å²) in [5.41, 5.74) is -3.34. The van der Waals surface area contributed by atoms with E-state index in [1.165, 1.54) is 0 Å². The Labute approximate surface area is 233 Å². The van der Waals surface area contributed by atoms with Gasteiger partial charge in [0.25, 0.3) is 0 Å². The van der Waals surface area contributed by atoms with Crippen molar-refractivity contribution in [3.8, 4) is 0 Å². The van der Waals surface area contributed by atoms with Crippen molar-refractivity contribution in [2.45, 2.75) is 72.6 Å². The molecule has 39 heavy (non-hydrogen) atoms. The van der Waals surface area contributed by atoms with E-state index in [2.05, 4.69) is 13.2 Å². The molecule has 8 nitrogen and oxygen atoms in total. The van der Waals surface area contributed by atoms with Gasteiger partial charge in [-0.1, -0.05) is 36.5 Å². The van der Waals surface area contributed by atoms with Gasteiger partial charge in [-0.15, -0.1) is 13.2 Å². The first-order chi connectivity index (χ1) is 18.8. The number of hydrogen-bond acceptors (Lipinski definition) is 8. The van der Waals surface area contributed by atoms with E-state index in [1.54, 1.807) is 58.1 Å². The van der Waals surface area contributed by atoms with E-state index in [1.807, 2.05) is 6.08 Å². The van der Waals surface area contributed by atoms with Gasteiger partial charge in [-0.3, -0.25) is 19.2 Å². The highest BCUT2D eigenvalue weighted by atomic mass is 16.6. The third kappa shape index (κ3) is 8.16. The Morgan fingerprint density at radius 1 is 0.744 bits per heavy atom. The standard InChI is InChI=1S/C31H46O8/c1-7-13-18-22-31(28(34)38-11-5,29(35)39-12-6)25-20-17-15-16-19-24(23-25)30(21-14-8-2,26(32)36-9-3)27(33)37-10-4/h7-8,15-17,20,24-25H,1-2,9-14,18-19,21-23H2,3-6H3/b16-15-,20-17-/t24-,25+/m0/s1. The highest BCUT2D eigenvalue weighted by Crippen LogP contribution is 2.48. The van der Waals surface area contributed by atoms with Crippen LogP contribution in [0.1, 0.15) is 72.6 Å². The van der Waals surface area contributed by atoms with Crippen molar-refractivity contribution < 1.29 is 38.1 Å². The second kappa shape index (κ2) is 17.4. The van der Waals surface area contributed by atoms with Crippen LogP contribution in [0.25, 0.3) is 0 Å². The van der Waals surface area contributed by atoms with E-state index in [-0.39, 0.29) is 45.7 Å². The highest BCUT2D eigenvalue weighted by molar-refractivity contribution is 6.02. The van der Waals surface area contributed by atoms with Gasteiger partial charge in [0.15, 0.2) is 10.8 Å². The van der Waals surface area contributed by atoms with Crippen molar-refractivity contribution in [2.24, 2.45) is 22.7 Å². The lowest BCUT2D eigenvalue weighted by Gasteiger charge is -2.41. The molecule has 0 spiro atoms. The van der Waals surface area contributed by atoms with Crippen molar-refractivity contribution in [3.05, 3.63) is 49.6 Å². The molecule has 0 saturated carbocycles. The van der Waals surface area contributed by atoms with Gasteiger partial charge < -0.3 is 18.9 Å². The first kappa shape index (κ1) is 33.9. The average molecular weight is 547 g/mol.